The molecule has 0 radical (unpaired) electrons. The highest BCUT2D eigenvalue weighted by atomic mass is 32.2. The van der Waals surface area contributed by atoms with Gasteiger partial charge in [-0.1, -0.05) is 85.0 Å². The van der Waals surface area contributed by atoms with Gasteiger partial charge < -0.3 is 19.6 Å². The van der Waals surface area contributed by atoms with Gasteiger partial charge in [0.25, 0.3) is 5.91 Å². The van der Waals surface area contributed by atoms with Crippen LogP contribution in [0.15, 0.2) is 97.1 Å². The SMILES string of the molecule is C[C@@]12/C=C\CCCOC(=O)[C@@H]1[C@H]1C(=O)N([C@@H](CO)Cc3ccccc3)C3C(=O)N(c4ccc5ccccc5c4)CC=C[C@@]31S2. The molecule has 6 atom stereocenters. The molecule has 8 heteroatoms. The Hall–Kier alpha value is -3.88. The minimum absolute atomic E-state index is 0.215. The van der Waals surface area contributed by atoms with Gasteiger partial charge in [-0.05, 0) is 54.7 Å². The maximum absolute atomic E-state index is 15.0. The van der Waals surface area contributed by atoms with Crippen LogP contribution in [-0.4, -0.2) is 69.1 Å². The van der Waals surface area contributed by atoms with Gasteiger partial charge in [0.2, 0.25) is 5.91 Å². The van der Waals surface area contributed by atoms with Crippen molar-refractivity contribution in [3.05, 3.63) is 103 Å². The Morgan fingerprint density at radius 2 is 1.70 bits per heavy atom. The van der Waals surface area contributed by atoms with Gasteiger partial charge in [0.1, 0.15) is 6.04 Å². The van der Waals surface area contributed by atoms with Crippen molar-refractivity contribution >= 4 is 46.0 Å². The summed E-state index contributed by atoms with van der Waals surface area (Å²) < 4.78 is 3.98. The van der Waals surface area contributed by atoms with Gasteiger partial charge in [-0.25, -0.2) is 0 Å². The van der Waals surface area contributed by atoms with E-state index in [2.05, 4.69) is 12.2 Å². The van der Waals surface area contributed by atoms with E-state index in [1.54, 1.807) is 9.80 Å². The topological polar surface area (TPSA) is 87.1 Å². The molecule has 4 aliphatic heterocycles. The second kappa shape index (κ2) is 11.2. The number of anilines is 1. The quantitative estimate of drug-likeness (QED) is 0.327. The number of fused-ring (bicyclic) bond motifs is 3. The third-order valence-corrected chi connectivity index (χ3v) is 11.4. The first kappa shape index (κ1) is 28.9. The monoisotopic (exact) mass is 608 g/mol. The van der Waals surface area contributed by atoms with Crippen molar-refractivity contribution in [2.75, 3.05) is 24.7 Å². The Labute approximate surface area is 261 Å². The van der Waals surface area contributed by atoms with Crippen molar-refractivity contribution in [1.29, 1.82) is 0 Å². The van der Waals surface area contributed by atoms with Crippen LogP contribution >= 0.6 is 11.8 Å². The van der Waals surface area contributed by atoms with E-state index in [-0.39, 0.29) is 18.4 Å². The number of aliphatic hydroxyl groups excluding tert-OH is 1. The first-order chi connectivity index (χ1) is 21.4. The first-order valence-corrected chi connectivity index (χ1v) is 16.2. The van der Waals surface area contributed by atoms with Crippen LogP contribution < -0.4 is 4.90 Å². The number of aliphatic hydroxyl groups is 1. The predicted molar refractivity (Wildman–Crippen MR) is 172 cm³/mol. The fourth-order valence-corrected chi connectivity index (χ4v) is 9.82. The highest BCUT2D eigenvalue weighted by Gasteiger charge is 2.74. The third-order valence-electron chi connectivity index (χ3n) is 9.65. The zero-order chi connectivity index (χ0) is 30.5. The van der Waals surface area contributed by atoms with Crippen LogP contribution in [0.4, 0.5) is 5.69 Å². The zero-order valence-corrected chi connectivity index (χ0v) is 25.5. The second-order valence-corrected chi connectivity index (χ2v) is 14.2. The van der Waals surface area contributed by atoms with Crippen molar-refractivity contribution in [3.8, 4) is 0 Å². The van der Waals surface area contributed by atoms with Crippen LogP contribution in [0.5, 0.6) is 0 Å². The lowest BCUT2D eigenvalue weighted by atomic mass is 9.74. The fourth-order valence-electron chi connectivity index (χ4n) is 7.68. The highest BCUT2D eigenvalue weighted by Crippen LogP contribution is 2.65. The molecule has 0 saturated carbocycles. The number of esters is 1. The van der Waals surface area contributed by atoms with Gasteiger partial charge in [-0.2, -0.15) is 0 Å². The van der Waals surface area contributed by atoms with Gasteiger partial charge in [0, 0.05) is 17.0 Å². The summed E-state index contributed by atoms with van der Waals surface area (Å²) in [7, 11) is 0. The van der Waals surface area contributed by atoms with Crippen LogP contribution in [-0.2, 0) is 25.5 Å². The molecule has 2 fully saturated rings. The summed E-state index contributed by atoms with van der Waals surface area (Å²) in [5, 5.41) is 12.9. The van der Waals surface area contributed by atoms with Gasteiger partial charge in [0.05, 0.1) is 35.8 Å². The standard InChI is InChI=1S/C36H36N2O5S/c1-35-17-8-3-9-20-43-34(42)30(35)29-32(40)38(28(23-39)21-24-11-4-2-5-12-24)31-33(41)37(19-10-18-36(29,31)44-35)27-16-15-25-13-6-7-14-26(25)22-27/h2,4-8,10-18,22,28-31,39H,3,9,19-21,23H2,1H3/b17-8-/t28-,29+,30+,31?,35-,36+/m1/s1. The van der Waals surface area contributed by atoms with Crippen LogP contribution in [0.25, 0.3) is 10.8 Å². The Bertz CT molecular complexity index is 1670. The molecule has 2 saturated heterocycles. The molecule has 0 aliphatic carbocycles. The number of ether oxygens (including phenoxy) is 1. The molecular formula is C36H36N2O5S. The Morgan fingerprint density at radius 1 is 0.932 bits per heavy atom. The summed E-state index contributed by atoms with van der Waals surface area (Å²) >= 11 is 1.53. The van der Waals surface area contributed by atoms with Crippen molar-refractivity contribution in [2.45, 2.75) is 47.8 Å². The third kappa shape index (κ3) is 4.58. The summed E-state index contributed by atoms with van der Waals surface area (Å²) in [6.07, 6.45) is 9.97. The first-order valence-electron chi connectivity index (χ1n) is 15.4. The number of thioether (sulfide) groups is 1. The largest absolute Gasteiger partial charge is 0.465 e. The lowest BCUT2D eigenvalue weighted by Crippen LogP contribution is -2.57. The van der Waals surface area contributed by atoms with Crippen molar-refractivity contribution in [1.82, 2.24) is 4.90 Å². The summed E-state index contributed by atoms with van der Waals surface area (Å²) in [4.78, 5) is 46.9. The van der Waals surface area contributed by atoms with Crippen LogP contribution in [0.1, 0.15) is 25.3 Å². The number of nitrogens with zero attached hydrogens (tertiary/aromatic N) is 2. The minimum atomic E-state index is -1.02. The maximum atomic E-state index is 15.0. The smallest absolute Gasteiger partial charge is 0.311 e. The van der Waals surface area contributed by atoms with Crippen LogP contribution in [0.2, 0.25) is 0 Å². The second-order valence-electron chi connectivity index (χ2n) is 12.4. The molecule has 1 N–H and O–H groups in total. The van der Waals surface area contributed by atoms with Crippen molar-refractivity contribution in [3.63, 3.8) is 0 Å². The van der Waals surface area contributed by atoms with Gasteiger partial charge >= 0.3 is 5.97 Å². The van der Waals surface area contributed by atoms with Gasteiger partial charge in [0.15, 0.2) is 0 Å². The van der Waals surface area contributed by atoms with Crippen molar-refractivity contribution < 1.29 is 24.2 Å². The Morgan fingerprint density at radius 3 is 2.50 bits per heavy atom. The number of amides is 2. The van der Waals surface area contributed by atoms with Gasteiger partial charge in [-0.15, -0.1) is 11.8 Å². The van der Waals surface area contributed by atoms with Crippen LogP contribution in [0, 0.1) is 11.8 Å². The normalized spacial score (nSPS) is 31.3. The summed E-state index contributed by atoms with van der Waals surface area (Å²) in [6.45, 7) is 2.29. The number of carbonyl (C=O) groups excluding carboxylic acids is 3. The lowest BCUT2D eigenvalue weighted by Gasteiger charge is -2.40. The number of hydrogen-bond donors (Lipinski definition) is 1. The number of cyclic esters (lactones) is 1. The molecular weight excluding hydrogens is 572 g/mol. The van der Waals surface area contributed by atoms with E-state index in [0.717, 1.165) is 34.9 Å². The molecule has 0 bridgehead atoms. The summed E-state index contributed by atoms with van der Waals surface area (Å²) in [5.74, 6) is -2.49. The molecule has 1 spiro atoms. The number of allylic oxidation sites excluding steroid dienone is 1. The number of rotatable bonds is 5. The highest BCUT2D eigenvalue weighted by molar-refractivity contribution is 8.02. The average Bonchev–Trinajstić information content (AvgIpc) is 3.39. The van der Waals surface area contributed by atoms with E-state index in [1.807, 2.05) is 91.9 Å². The van der Waals surface area contributed by atoms with Gasteiger partial charge in [-0.3, -0.25) is 14.4 Å². The molecule has 4 heterocycles. The lowest BCUT2D eigenvalue weighted by molar-refractivity contribution is -0.154. The summed E-state index contributed by atoms with van der Waals surface area (Å²) in [6, 6.07) is 22.1. The van der Waals surface area contributed by atoms with E-state index in [4.69, 9.17) is 4.74 Å². The van der Waals surface area contributed by atoms with Crippen molar-refractivity contribution in [2.24, 2.45) is 11.8 Å². The van der Waals surface area contributed by atoms with E-state index in [1.165, 1.54) is 11.8 Å². The number of hydrogen-bond acceptors (Lipinski definition) is 6. The molecule has 3 aromatic carbocycles. The molecule has 0 aromatic heterocycles. The number of likely N-dealkylation sites (tertiary alicyclic amines) is 1. The number of benzene rings is 3. The van der Waals surface area contributed by atoms with E-state index in [0.29, 0.717) is 19.6 Å². The zero-order valence-electron chi connectivity index (χ0n) is 24.7. The molecule has 2 amide bonds. The molecule has 1 unspecified atom stereocenters. The molecule has 226 valence electrons. The fraction of sp³-hybridized carbons (Fsp3) is 0.361. The Kier molecular flexibility index (Phi) is 7.37. The van der Waals surface area contributed by atoms with E-state index < -0.39 is 39.4 Å². The summed E-state index contributed by atoms with van der Waals surface area (Å²) in [5.41, 5.74) is 1.70. The molecule has 7 rings (SSSR count). The van der Waals surface area contributed by atoms with Crippen LogP contribution in [0.3, 0.4) is 0 Å². The van der Waals surface area contributed by atoms with E-state index >= 15 is 0 Å². The predicted octanol–water partition coefficient (Wildman–Crippen LogP) is 4.93. The molecule has 7 nitrogen and oxygen atoms in total. The maximum Gasteiger partial charge on any atom is 0.311 e. The number of carbonyl (C=O) groups is 3. The van der Waals surface area contributed by atoms with E-state index in [9.17, 15) is 19.5 Å². The molecule has 44 heavy (non-hydrogen) atoms. The average molecular weight is 609 g/mol. The Balaban J connectivity index is 1.37. The minimum Gasteiger partial charge on any atom is -0.465 e. The molecule has 4 aliphatic rings. The molecule has 3 aromatic rings.